The summed E-state index contributed by atoms with van der Waals surface area (Å²) in [6.07, 6.45) is 5.10. The molecule has 1 fully saturated rings. The molecule has 1 aliphatic rings. The molecule has 0 aliphatic carbocycles. The summed E-state index contributed by atoms with van der Waals surface area (Å²) in [7, 11) is 0. The average molecular weight is 321 g/mol. The van der Waals surface area contributed by atoms with Crippen molar-refractivity contribution in [1.29, 1.82) is 0 Å². The van der Waals surface area contributed by atoms with Gasteiger partial charge in [-0.15, -0.1) is 0 Å². The summed E-state index contributed by atoms with van der Waals surface area (Å²) in [5, 5.41) is 4.16. The van der Waals surface area contributed by atoms with E-state index in [1.165, 1.54) is 5.56 Å². The highest BCUT2D eigenvalue weighted by atomic mass is 16.5. The minimum absolute atomic E-state index is 0.617. The van der Waals surface area contributed by atoms with Crippen LogP contribution in [0.4, 0.5) is 0 Å². The molecule has 3 heterocycles. The van der Waals surface area contributed by atoms with Crippen molar-refractivity contribution < 1.29 is 4.74 Å². The Morgan fingerprint density at radius 1 is 1.12 bits per heavy atom. The Morgan fingerprint density at radius 2 is 2.08 bits per heavy atom. The zero-order chi connectivity index (χ0) is 16.2. The van der Waals surface area contributed by atoms with Crippen LogP contribution in [0.25, 0.3) is 0 Å². The molecule has 1 saturated heterocycles. The smallest absolute Gasteiger partial charge is 0.219 e. The van der Waals surface area contributed by atoms with Crippen LogP contribution < -0.4 is 4.74 Å². The highest BCUT2D eigenvalue weighted by Crippen LogP contribution is 2.24. The van der Waals surface area contributed by atoms with E-state index in [0.717, 1.165) is 31.9 Å². The first kappa shape index (κ1) is 14.8. The van der Waals surface area contributed by atoms with Crippen LogP contribution in [0.5, 0.6) is 11.6 Å². The second kappa shape index (κ2) is 6.80. The molecule has 0 atom stereocenters. The van der Waals surface area contributed by atoms with E-state index >= 15 is 0 Å². The summed E-state index contributed by atoms with van der Waals surface area (Å²) in [5.74, 6) is 2.09. The second-order valence-corrected chi connectivity index (χ2v) is 6.10. The molecule has 0 bridgehead atoms. The van der Waals surface area contributed by atoms with Gasteiger partial charge in [0.1, 0.15) is 18.4 Å². The van der Waals surface area contributed by atoms with E-state index in [0.29, 0.717) is 11.8 Å². The molecule has 4 rings (SSSR count). The number of aromatic nitrogens is 4. The topological polar surface area (TPSA) is 56.1 Å². The number of nitrogens with zero attached hydrogens (tertiary/aromatic N) is 5. The SMILES string of the molecule is c1ccc(Oc2cccc(CN3CC(Cn4cncn4)C3)c2)nc1. The van der Waals surface area contributed by atoms with Crippen LogP contribution in [0.3, 0.4) is 0 Å². The van der Waals surface area contributed by atoms with Crippen molar-refractivity contribution in [2.45, 2.75) is 13.1 Å². The zero-order valence-electron chi connectivity index (χ0n) is 13.3. The maximum atomic E-state index is 5.80. The van der Waals surface area contributed by atoms with E-state index in [-0.39, 0.29) is 0 Å². The number of benzene rings is 1. The van der Waals surface area contributed by atoms with Gasteiger partial charge in [-0.05, 0) is 23.8 Å². The molecule has 24 heavy (non-hydrogen) atoms. The standard InChI is InChI=1S/C18H19N5O/c1-2-7-20-18(6-1)24-17-5-3-4-15(8-17)9-22-10-16(11-22)12-23-14-19-13-21-23/h1-8,13-14,16H,9-12H2. The molecule has 6 nitrogen and oxygen atoms in total. The normalized spacial score (nSPS) is 15.2. The van der Waals surface area contributed by atoms with Crippen LogP contribution in [0.1, 0.15) is 5.56 Å². The van der Waals surface area contributed by atoms with Gasteiger partial charge in [-0.3, -0.25) is 9.58 Å². The van der Waals surface area contributed by atoms with Gasteiger partial charge in [0, 0.05) is 44.4 Å². The van der Waals surface area contributed by atoms with E-state index in [2.05, 4.69) is 32.1 Å². The van der Waals surface area contributed by atoms with Crippen molar-refractivity contribution in [2.24, 2.45) is 5.92 Å². The molecule has 1 aromatic carbocycles. The Kier molecular flexibility index (Phi) is 4.20. The minimum Gasteiger partial charge on any atom is -0.439 e. The molecule has 2 aromatic heterocycles. The van der Waals surface area contributed by atoms with Gasteiger partial charge in [-0.2, -0.15) is 5.10 Å². The van der Waals surface area contributed by atoms with E-state index < -0.39 is 0 Å². The lowest BCUT2D eigenvalue weighted by atomic mass is 9.99. The highest BCUT2D eigenvalue weighted by molar-refractivity contribution is 5.31. The number of hydrogen-bond donors (Lipinski definition) is 0. The molecule has 0 spiro atoms. The predicted octanol–water partition coefficient (Wildman–Crippen LogP) is 2.60. The maximum Gasteiger partial charge on any atom is 0.219 e. The monoisotopic (exact) mass is 321 g/mol. The third-order valence-corrected chi connectivity index (χ3v) is 4.11. The van der Waals surface area contributed by atoms with Crippen molar-refractivity contribution in [3.05, 3.63) is 66.9 Å². The lowest BCUT2D eigenvalue weighted by Gasteiger charge is -2.39. The summed E-state index contributed by atoms with van der Waals surface area (Å²) >= 11 is 0. The van der Waals surface area contributed by atoms with Gasteiger partial charge in [0.2, 0.25) is 5.88 Å². The molecule has 0 unspecified atom stereocenters. The first-order valence-electron chi connectivity index (χ1n) is 8.08. The Morgan fingerprint density at radius 3 is 2.88 bits per heavy atom. The molecule has 0 N–H and O–H groups in total. The second-order valence-electron chi connectivity index (χ2n) is 6.10. The summed E-state index contributed by atoms with van der Waals surface area (Å²) in [5.41, 5.74) is 1.25. The molecular weight excluding hydrogens is 302 g/mol. The Labute approximate surface area is 140 Å². The zero-order valence-corrected chi connectivity index (χ0v) is 13.3. The summed E-state index contributed by atoms with van der Waals surface area (Å²) in [6.45, 7) is 4.06. The molecule has 1 aliphatic heterocycles. The first-order valence-corrected chi connectivity index (χ1v) is 8.08. The minimum atomic E-state index is 0.617. The van der Waals surface area contributed by atoms with E-state index in [4.69, 9.17) is 4.74 Å². The van der Waals surface area contributed by atoms with Gasteiger partial charge in [-0.1, -0.05) is 18.2 Å². The lowest BCUT2D eigenvalue weighted by Crippen LogP contribution is -2.47. The van der Waals surface area contributed by atoms with Gasteiger partial charge in [0.25, 0.3) is 0 Å². The van der Waals surface area contributed by atoms with Crippen molar-refractivity contribution in [1.82, 2.24) is 24.6 Å². The number of pyridine rings is 1. The fourth-order valence-corrected chi connectivity index (χ4v) is 3.01. The summed E-state index contributed by atoms with van der Waals surface area (Å²) in [6, 6.07) is 13.9. The highest BCUT2D eigenvalue weighted by Gasteiger charge is 2.27. The van der Waals surface area contributed by atoms with Gasteiger partial charge in [0.05, 0.1) is 0 Å². The van der Waals surface area contributed by atoms with Gasteiger partial charge in [0.15, 0.2) is 0 Å². The Balaban J connectivity index is 1.30. The average Bonchev–Trinajstić information content (AvgIpc) is 3.07. The molecule has 3 aromatic rings. The van der Waals surface area contributed by atoms with Gasteiger partial charge in [-0.25, -0.2) is 9.97 Å². The van der Waals surface area contributed by atoms with Crippen molar-refractivity contribution in [2.75, 3.05) is 13.1 Å². The summed E-state index contributed by atoms with van der Waals surface area (Å²) < 4.78 is 7.70. The van der Waals surface area contributed by atoms with Crippen LogP contribution in [0.2, 0.25) is 0 Å². The number of ether oxygens (including phenoxy) is 1. The van der Waals surface area contributed by atoms with Crippen LogP contribution in [0.15, 0.2) is 61.3 Å². The van der Waals surface area contributed by atoms with Crippen LogP contribution in [-0.2, 0) is 13.1 Å². The molecular formula is C18H19N5O. The van der Waals surface area contributed by atoms with Crippen LogP contribution in [-0.4, -0.2) is 37.7 Å². The fourth-order valence-electron chi connectivity index (χ4n) is 3.01. The van der Waals surface area contributed by atoms with E-state index in [9.17, 15) is 0 Å². The molecule has 0 radical (unpaired) electrons. The predicted molar refractivity (Wildman–Crippen MR) is 89.5 cm³/mol. The van der Waals surface area contributed by atoms with Crippen LogP contribution in [0, 0.1) is 5.92 Å². The quantitative estimate of drug-likeness (QED) is 0.698. The Hall–Kier alpha value is -2.73. The fraction of sp³-hybridized carbons (Fsp3) is 0.278. The largest absolute Gasteiger partial charge is 0.439 e. The van der Waals surface area contributed by atoms with Crippen molar-refractivity contribution in [3.63, 3.8) is 0 Å². The van der Waals surface area contributed by atoms with Gasteiger partial charge >= 0.3 is 0 Å². The molecule has 0 saturated carbocycles. The molecule has 122 valence electrons. The number of hydrogen-bond acceptors (Lipinski definition) is 5. The van der Waals surface area contributed by atoms with Crippen molar-refractivity contribution in [3.8, 4) is 11.6 Å². The number of rotatable bonds is 6. The first-order chi connectivity index (χ1) is 11.8. The van der Waals surface area contributed by atoms with Gasteiger partial charge < -0.3 is 4.74 Å². The van der Waals surface area contributed by atoms with E-state index in [1.807, 2.05) is 35.0 Å². The maximum absolute atomic E-state index is 5.80. The third-order valence-electron chi connectivity index (χ3n) is 4.11. The lowest BCUT2D eigenvalue weighted by molar-refractivity contribution is 0.0776. The third kappa shape index (κ3) is 3.60. The molecule has 6 heteroatoms. The van der Waals surface area contributed by atoms with Crippen molar-refractivity contribution >= 4 is 0 Å². The number of likely N-dealkylation sites (tertiary alicyclic amines) is 1. The van der Waals surface area contributed by atoms with Crippen LogP contribution >= 0.6 is 0 Å². The summed E-state index contributed by atoms with van der Waals surface area (Å²) in [4.78, 5) is 10.6. The molecule has 0 amide bonds. The van der Waals surface area contributed by atoms with E-state index in [1.54, 1.807) is 18.9 Å². The Bertz CT molecular complexity index is 769.